The number of hydrogen-bond donors (Lipinski definition) is 0. The molecule has 2 rings (SSSR count). The first-order chi connectivity index (χ1) is 10.5. The minimum absolute atomic E-state index is 0.00606. The van der Waals surface area contributed by atoms with Gasteiger partial charge in [0.05, 0.1) is 22.5 Å². The van der Waals surface area contributed by atoms with E-state index in [1.165, 1.54) is 0 Å². The maximum absolute atomic E-state index is 12.9. The Labute approximate surface area is 136 Å². The normalized spacial score (nSPS) is 17.4. The highest BCUT2D eigenvalue weighted by molar-refractivity contribution is 7.90. The molecule has 1 aliphatic heterocycles. The Morgan fingerprint density at radius 1 is 1.00 bits per heavy atom. The van der Waals surface area contributed by atoms with Gasteiger partial charge < -0.3 is 4.74 Å². The second-order valence-electron chi connectivity index (χ2n) is 6.15. The second-order valence-corrected chi connectivity index (χ2v) is 10.7. The number of benzene rings is 1. The number of carbonyl (C=O) groups excluding carboxylic acids is 1. The minimum atomic E-state index is -3.27. The standard InChI is InChI=1S/C15H20O6S2/c1-22(17,18)9-7-15(8-10-23(2,19)20)11-21-13-6-4-3-5-12(13)14(15)16/h3-6H,7-11H2,1-2H3. The summed E-state index contributed by atoms with van der Waals surface area (Å²) >= 11 is 0. The van der Waals surface area contributed by atoms with E-state index in [1.807, 2.05) is 0 Å². The van der Waals surface area contributed by atoms with E-state index in [4.69, 9.17) is 4.74 Å². The summed E-state index contributed by atoms with van der Waals surface area (Å²) < 4.78 is 51.6. The molecule has 128 valence electrons. The Hall–Kier alpha value is -1.41. The second kappa shape index (κ2) is 6.24. The molecule has 0 N–H and O–H groups in total. The first kappa shape index (κ1) is 17.9. The number of Topliss-reactive ketones (excluding diaryl/α,β-unsaturated/α-hetero) is 1. The Kier molecular flexibility index (Phi) is 4.86. The van der Waals surface area contributed by atoms with Crippen LogP contribution in [-0.4, -0.2) is 53.2 Å². The van der Waals surface area contributed by atoms with Crippen molar-refractivity contribution in [2.24, 2.45) is 5.41 Å². The van der Waals surface area contributed by atoms with E-state index >= 15 is 0 Å². The van der Waals surface area contributed by atoms with Crippen molar-refractivity contribution in [3.63, 3.8) is 0 Å². The Morgan fingerprint density at radius 3 is 2.04 bits per heavy atom. The maximum atomic E-state index is 12.9. The van der Waals surface area contributed by atoms with Gasteiger partial charge >= 0.3 is 0 Å². The third kappa shape index (κ3) is 4.54. The predicted molar refractivity (Wildman–Crippen MR) is 87.4 cm³/mol. The SMILES string of the molecule is CS(=O)(=O)CCC1(CCS(C)(=O)=O)COc2ccccc2C1=O. The third-order valence-corrected chi connectivity index (χ3v) is 5.91. The average molecular weight is 360 g/mol. The smallest absolute Gasteiger partial charge is 0.176 e. The number of rotatable bonds is 6. The summed E-state index contributed by atoms with van der Waals surface area (Å²) in [5.74, 6) is -0.166. The van der Waals surface area contributed by atoms with Crippen LogP contribution in [0.15, 0.2) is 24.3 Å². The summed E-state index contributed by atoms with van der Waals surface area (Å²) in [7, 11) is -6.55. The van der Waals surface area contributed by atoms with Crippen molar-refractivity contribution in [3.05, 3.63) is 29.8 Å². The van der Waals surface area contributed by atoms with Crippen LogP contribution in [0.1, 0.15) is 23.2 Å². The van der Waals surface area contributed by atoms with E-state index in [-0.39, 0.29) is 36.7 Å². The van der Waals surface area contributed by atoms with Crippen molar-refractivity contribution >= 4 is 25.5 Å². The molecular weight excluding hydrogens is 340 g/mol. The van der Waals surface area contributed by atoms with E-state index in [0.717, 1.165) is 12.5 Å². The first-order valence-corrected chi connectivity index (χ1v) is 11.3. The molecule has 1 aromatic carbocycles. The molecule has 23 heavy (non-hydrogen) atoms. The van der Waals surface area contributed by atoms with Gasteiger partial charge in [-0.3, -0.25) is 4.79 Å². The van der Waals surface area contributed by atoms with Gasteiger partial charge in [0.25, 0.3) is 0 Å². The summed E-state index contributed by atoms with van der Waals surface area (Å²) in [4.78, 5) is 12.9. The van der Waals surface area contributed by atoms with Crippen LogP contribution in [0.4, 0.5) is 0 Å². The monoisotopic (exact) mass is 360 g/mol. The van der Waals surface area contributed by atoms with Gasteiger partial charge in [-0.2, -0.15) is 0 Å². The fraction of sp³-hybridized carbons (Fsp3) is 0.533. The third-order valence-electron chi connectivity index (χ3n) is 4.02. The topological polar surface area (TPSA) is 94.6 Å². The zero-order valence-electron chi connectivity index (χ0n) is 13.1. The molecule has 0 saturated heterocycles. The number of hydrogen-bond acceptors (Lipinski definition) is 6. The van der Waals surface area contributed by atoms with Gasteiger partial charge in [0, 0.05) is 12.5 Å². The molecule has 6 nitrogen and oxygen atoms in total. The Balaban J connectivity index is 2.36. The van der Waals surface area contributed by atoms with Crippen LogP contribution in [0.2, 0.25) is 0 Å². The van der Waals surface area contributed by atoms with E-state index < -0.39 is 25.1 Å². The lowest BCUT2D eigenvalue weighted by Crippen LogP contribution is -2.43. The molecule has 1 heterocycles. The van der Waals surface area contributed by atoms with Gasteiger partial charge in [-0.1, -0.05) is 12.1 Å². The summed E-state index contributed by atoms with van der Waals surface area (Å²) in [5.41, 5.74) is -0.749. The van der Waals surface area contributed by atoms with Gasteiger partial charge in [0.2, 0.25) is 0 Å². The number of fused-ring (bicyclic) bond motifs is 1. The van der Waals surface area contributed by atoms with Crippen LogP contribution in [0.25, 0.3) is 0 Å². The summed E-state index contributed by atoms with van der Waals surface area (Å²) in [6.45, 7) is -0.00606. The Morgan fingerprint density at radius 2 is 1.52 bits per heavy atom. The summed E-state index contributed by atoms with van der Waals surface area (Å²) in [5, 5.41) is 0. The minimum Gasteiger partial charge on any atom is -0.492 e. The summed E-state index contributed by atoms with van der Waals surface area (Å²) in [6, 6.07) is 6.73. The number of para-hydroxylation sites is 1. The lowest BCUT2D eigenvalue weighted by Gasteiger charge is -2.36. The average Bonchev–Trinajstić information content (AvgIpc) is 2.44. The van der Waals surface area contributed by atoms with Crippen LogP contribution in [0.3, 0.4) is 0 Å². The number of carbonyl (C=O) groups is 1. The van der Waals surface area contributed by atoms with Crippen molar-refractivity contribution in [1.82, 2.24) is 0 Å². The van der Waals surface area contributed by atoms with Crippen molar-refractivity contribution < 1.29 is 26.4 Å². The molecule has 0 amide bonds. The lowest BCUT2D eigenvalue weighted by molar-refractivity contribution is 0.0586. The molecule has 0 fully saturated rings. The van der Waals surface area contributed by atoms with Crippen LogP contribution in [0.5, 0.6) is 5.75 Å². The van der Waals surface area contributed by atoms with E-state index in [9.17, 15) is 21.6 Å². The molecule has 0 spiro atoms. The molecule has 8 heteroatoms. The van der Waals surface area contributed by atoms with Gasteiger partial charge in [0.15, 0.2) is 5.78 Å². The van der Waals surface area contributed by atoms with E-state index in [2.05, 4.69) is 0 Å². The predicted octanol–water partition coefficient (Wildman–Crippen LogP) is 1.12. The van der Waals surface area contributed by atoms with Gasteiger partial charge in [0.1, 0.15) is 32.0 Å². The van der Waals surface area contributed by atoms with Crippen molar-refractivity contribution in [2.45, 2.75) is 12.8 Å². The van der Waals surface area contributed by atoms with E-state index in [0.29, 0.717) is 11.3 Å². The maximum Gasteiger partial charge on any atom is 0.176 e. The summed E-state index contributed by atoms with van der Waals surface area (Å²) in [6.07, 6.45) is 2.29. The Bertz CT molecular complexity index is 772. The molecule has 0 radical (unpaired) electrons. The zero-order valence-corrected chi connectivity index (χ0v) is 14.7. The molecule has 0 unspecified atom stereocenters. The molecule has 0 aliphatic carbocycles. The van der Waals surface area contributed by atoms with Crippen molar-refractivity contribution in [2.75, 3.05) is 30.6 Å². The molecular formula is C15H20O6S2. The fourth-order valence-corrected chi connectivity index (χ4v) is 4.13. The molecule has 1 aliphatic rings. The lowest BCUT2D eigenvalue weighted by atomic mass is 9.75. The van der Waals surface area contributed by atoms with Crippen LogP contribution in [0, 0.1) is 5.41 Å². The largest absolute Gasteiger partial charge is 0.492 e. The van der Waals surface area contributed by atoms with Crippen LogP contribution in [-0.2, 0) is 19.7 Å². The molecule has 0 aromatic heterocycles. The van der Waals surface area contributed by atoms with Crippen molar-refractivity contribution in [1.29, 1.82) is 0 Å². The quantitative estimate of drug-likeness (QED) is 0.754. The molecule has 0 saturated carbocycles. The van der Waals surface area contributed by atoms with Gasteiger partial charge in [-0.25, -0.2) is 16.8 Å². The number of ketones is 1. The zero-order chi connectivity index (χ0) is 17.3. The fourth-order valence-electron chi connectivity index (χ4n) is 2.61. The van der Waals surface area contributed by atoms with Gasteiger partial charge in [-0.15, -0.1) is 0 Å². The van der Waals surface area contributed by atoms with E-state index in [1.54, 1.807) is 24.3 Å². The highest BCUT2D eigenvalue weighted by Crippen LogP contribution is 2.39. The molecule has 0 bridgehead atoms. The highest BCUT2D eigenvalue weighted by atomic mass is 32.2. The number of sulfone groups is 2. The van der Waals surface area contributed by atoms with Crippen LogP contribution < -0.4 is 4.74 Å². The molecule has 0 atom stereocenters. The van der Waals surface area contributed by atoms with Crippen LogP contribution >= 0.6 is 0 Å². The highest BCUT2D eigenvalue weighted by Gasteiger charge is 2.44. The first-order valence-electron chi connectivity index (χ1n) is 7.15. The van der Waals surface area contributed by atoms with Crippen molar-refractivity contribution in [3.8, 4) is 5.75 Å². The number of ether oxygens (including phenoxy) is 1. The van der Waals surface area contributed by atoms with Gasteiger partial charge in [-0.05, 0) is 25.0 Å². The molecule has 1 aromatic rings.